The highest BCUT2D eigenvalue weighted by atomic mass is 32.2. The van der Waals surface area contributed by atoms with Gasteiger partial charge < -0.3 is 9.88 Å². The molecule has 3 rings (SSSR count). The number of thioether (sulfide) groups is 1. The number of para-hydroxylation sites is 1. The van der Waals surface area contributed by atoms with Gasteiger partial charge in [-0.25, -0.2) is 0 Å². The zero-order valence-corrected chi connectivity index (χ0v) is 12.9. The number of nitrogens with zero attached hydrogens (tertiary/aromatic N) is 1. The molecule has 2 heterocycles. The summed E-state index contributed by atoms with van der Waals surface area (Å²) < 4.78 is 1.05. The lowest BCUT2D eigenvalue weighted by Crippen LogP contribution is -2.36. The highest BCUT2D eigenvalue weighted by molar-refractivity contribution is 8.23. The van der Waals surface area contributed by atoms with Gasteiger partial charge in [-0.05, 0) is 17.5 Å². The second-order valence-electron chi connectivity index (χ2n) is 5.38. The first-order valence-corrected chi connectivity index (χ1v) is 8.04. The van der Waals surface area contributed by atoms with E-state index in [0.717, 1.165) is 16.6 Å². The fraction of sp³-hybridized carbons (Fsp3) is 0.400. The second-order valence-corrected chi connectivity index (χ2v) is 7.03. The van der Waals surface area contributed by atoms with Crippen LogP contribution in [0.15, 0.2) is 30.5 Å². The summed E-state index contributed by atoms with van der Waals surface area (Å²) >= 11 is 7.33. The maximum atomic E-state index is 5.51. The zero-order valence-electron chi connectivity index (χ0n) is 11.2. The van der Waals surface area contributed by atoms with Crippen molar-refractivity contribution in [2.75, 3.05) is 5.75 Å². The molecule has 4 heteroatoms. The van der Waals surface area contributed by atoms with E-state index in [9.17, 15) is 0 Å². The van der Waals surface area contributed by atoms with E-state index in [4.69, 9.17) is 12.2 Å². The molecule has 0 unspecified atom stereocenters. The largest absolute Gasteiger partial charge is 0.361 e. The van der Waals surface area contributed by atoms with Gasteiger partial charge in [-0.1, -0.05) is 56.0 Å². The summed E-state index contributed by atoms with van der Waals surface area (Å²) in [5.41, 5.74) is 2.54. The SMILES string of the molecule is CC(C)[C@H]1CSC(=S)N1Cc1c[nH]c2ccccc12. The Hall–Kier alpha value is -1.00. The molecule has 1 aromatic heterocycles. The first-order chi connectivity index (χ1) is 9.16. The van der Waals surface area contributed by atoms with Gasteiger partial charge in [0.15, 0.2) is 0 Å². The van der Waals surface area contributed by atoms with Gasteiger partial charge in [0.1, 0.15) is 4.32 Å². The number of nitrogens with one attached hydrogen (secondary N) is 1. The summed E-state index contributed by atoms with van der Waals surface area (Å²) in [5, 5.41) is 1.31. The van der Waals surface area contributed by atoms with E-state index in [2.05, 4.69) is 54.2 Å². The molecule has 100 valence electrons. The third-order valence-corrected chi connectivity index (χ3v) is 5.38. The Morgan fingerprint density at radius 3 is 3.00 bits per heavy atom. The van der Waals surface area contributed by atoms with Gasteiger partial charge in [-0.3, -0.25) is 0 Å². The molecule has 1 saturated heterocycles. The Kier molecular flexibility index (Phi) is 3.54. The van der Waals surface area contributed by atoms with Gasteiger partial charge >= 0.3 is 0 Å². The second kappa shape index (κ2) is 5.17. The molecule has 0 spiro atoms. The first-order valence-electron chi connectivity index (χ1n) is 6.65. The molecule has 1 atom stereocenters. The Morgan fingerprint density at radius 1 is 1.42 bits per heavy atom. The van der Waals surface area contributed by atoms with E-state index in [-0.39, 0.29) is 0 Å². The van der Waals surface area contributed by atoms with Crippen LogP contribution in [-0.4, -0.2) is 26.0 Å². The summed E-state index contributed by atoms with van der Waals surface area (Å²) in [6.45, 7) is 5.47. The maximum absolute atomic E-state index is 5.51. The van der Waals surface area contributed by atoms with Crippen LogP contribution in [0.5, 0.6) is 0 Å². The van der Waals surface area contributed by atoms with Crippen molar-refractivity contribution in [2.45, 2.75) is 26.4 Å². The predicted molar refractivity (Wildman–Crippen MR) is 87.5 cm³/mol. The fourth-order valence-electron chi connectivity index (χ4n) is 2.65. The maximum Gasteiger partial charge on any atom is 0.137 e. The Balaban J connectivity index is 1.89. The quantitative estimate of drug-likeness (QED) is 0.861. The van der Waals surface area contributed by atoms with Crippen molar-refractivity contribution < 1.29 is 0 Å². The van der Waals surface area contributed by atoms with Crippen molar-refractivity contribution in [3.8, 4) is 0 Å². The van der Waals surface area contributed by atoms with E-state index in [1.807, 2.05) is 11.8 Å². The average Bonchev–Trinajstić information content (AvgIpc) is 2.96. The lowest BCUT2D eigenvalue weighted by molar-refractivity contribution is 0.282. The van der Waals surface area contributed by atoms with Gasteiger partial charge in [0.2, 0.25) is 0 Å². The molecule has 19 heavy (non-hydrogen) atoms. The highest BCUT2D eigenvalue weighted by Crippen LogP contribution is 2.31. The number of thiocarbonyl (C=S) groups is 1. The molecule has 1 aliphatic rings. The molecule has 1 fully saturated rings. The Bertz CT molecular complexity index is 603. The van der Waals surface area contributed by atoms with Crippen molar-refractivity contribution in [2.24, 2.45) is 5.92 Å². The summed E-state index contributed by atoms with van der Waals surface area (Å²) in [5.74, 6) is 1.76. The minimum atomic E-state index is 0.561. The molecule has 0 radical (unpaired) electrons. The van der Waals surface area contributed by atoms with Crippen molar-refractivity contribution in [1.82, 2.24) is 9.88 Å². The monoisotopic (exact) mass is 290 g/mol. The third-order valence-electron chi connectivity index (χ3n) is 3.80. The van der Waals surface area contributed by atoms with Gasteiger partial charge in [0.05, 0.1) is 0 Å². The van der Waals surface area contributed by atoms with Crippen LogP contribution < -0.4 is 0 Å². The number of rotatable bonds is 3. The molecular weight excluding hydrogens is 272 g/mol. The zero-order chi connectivity index (χ0) is 13.4. The van der Waals surface area contributed by atoms with Crippen LogP contribution in [0.25, 0.3) is 10.9 Å². The number of hydrogen-bond acceptors (Lipinski definition) is 2. The van der Waals surface area contributed by atoms with Gasteiger partial charge in [0.25, 0.3) is 0 Å². The summed E-state index contributed by atoms with van der Waals surface area (Å²) in [4.78, 5) is 5.73. The molecule has 2 aromatic rings. The van der Waals surface area contributed by atoms with Crippen LogP contribution in [0, 0.1) is 5.92 Å². The molecule has 0 bridgehead atoms. The van der Waals surface area contributed by atoms with Gasteiger partial charge in [-0.2, -0.15) is 0 Å². The predicted octanol–water partition coefficient (Wildman–Crippen LogP) is 4.03. The lowest BCUT2D eigenvalue weighted by Gasteiger charge is -2.28. The number of hydrogen-bond donors (Lipinski definition) is 1. The smallest absolute Gasteiger partial charge is 0.137 e. The van der Waals surface area contributed by atoms with Crippen LogP contribution in [0.4, 0.5) is 0 Å². The van der Waals surface area contributed by atoms with E-state index in [1.165, 1.54) is 16.5 Å². The van der Waals surface area contributed by atoms with E-state index in [0.29, 0.717) is 12.0 Å². The first kappa shape index (κ1) is 13.0. The summed E-state index contributed by atoms with van der Waals surface area (Å²) in [6.07, 6.45) is 2.12. The molecule has 0 amide bonds. The minimum Gasteiger partial charge on any atom is -0.361 e. The topological polar surface area (TPSA) is 19.0 Å². The third kappa shape index (κ3) is 2.39. The molecule has 0 saturated carbocycles. The van der Waals surface area contributed by atoms with Crippen molar-refractivity contribution in [1.29, 1.82) is 0 Å². The van der Waals surface area contributed by atoms with Crippen LogP contribution in [0.2, 0.25) is 0 Å². The van der Waals surface area contributed by atoms with Crippen molar-refractivity contribution in [3.05, 3.63) is 36.0 Å². The van der Waals surface area contributed by atoms with Gasteiger partial charge in [0, 0.05) is 35.4 Å². The molecule has 0 aliphatic carbocycles. The van der Waals surface area contributed by atoms with Crippen molar-refractivity contribution in [3.63, 3.8) is 0 Å². The lowest BCUT2D eigenvalue weighted by atomic mass is 10.0. The van der Waals surface area contributed by atoms with Crippen LogP contribution in [-0.2, 0) is 6.54 Å². The molecule has 1 N–H and O–H groups in total. The Morgan fingerprint density at radius 2 is 2.21 bits per heavy atom. The fourth-order valence-corrected chi connectivity index (χ4v) is 4.29. The van der Waals surface area contributed by atoms with Crippen LogP contribution in [0.1, 0.15) is 19.4 Å². The summed E-state index contributed by atoms with van der Waals surface area (Å²) in [7, 11) is 0. The van der Waals surface area contributed by atoms with E-state index < -0.39 is 0 Å². The number of aromatic amines is 1. The van der Waals surface area contributed by atoms with Crippen molar-refractivity contribution >= 4 is 39.2 Å². The molecule has 2 nitrogen and oxygen atoms in total. The van der Waals surface area contributed by atoms with E-state index >= 15 is 0 Å². The number of H-pyrrole nitrogens is 1. The number of aromatic nitrogens is 1. The number of fused-ring (bicyclic) bond motifs is 1. The van der Waals surface area contributed by atoms with E-state index in [1.54, 1.807) is 0 Å². The Labute approximate surface area is 123 Å². The van der Waals surface area contributed by atoms with Crippen LogP contribution in [0.3, 0.4) is 0 Å². The molecular formula is C15H18N2S2. The van der Waals surface area contributed by atoms with Gasteiger partial charge in [-0.15, -0.1) is 0 Å². The van der Waals surface area contributed by atoms with Crippen LogP contribution >= 0.6 is 24.0 Å². The minimum absolute atomic E-state index is 0.561. The number of benzene rings is 1. The highest BCUT2D eigenvalue weighted by Gasteiger charge is 2.31. The molecule has 1 aliphatic heterocycles. The molecule has 1 aromatic carbocycles. The summed E-state index contributed by atoms with van der Waals surface area (Å²) in [6, 6.07) is 9.02. The normalized spacial score (nSPS) is 19.8. The standard InChI is InChI=1S/C15H18N2S2/c1-10(2)14-9-19-15(18)17(14)8-11-7-16-13-6-4-3-5-12(11)13/h3-7,10,14,16H,8-9H2,1-2H3/t14-/m1/s1. The average molecular weight is 290 g/mol.